The number of Topliss-reactive ketones (excluding diaryl/α,β-unsaturated/α-hetero) is 1. The maximum atomic E-state index is 13.6. The van der Waals surface area contributed by atoms with Crippen molar-refractivity contribution in [2.24, 2.45) is 0 Å². The molecule has 1 amide bonds. The molecule has 166 valence electrons. The summed E-state index contributed by atoms with van der Waals surface area (Å²) in [6.07, 6.45) is 3.95. The second-order valence-electron chi connectivity index (χ2n) is 8.29. The Labute approximate surface area is 190 Å². The minimum absolute atomic E-state index is 0.0255. The number of nitrogens with zero attached hydrogens (tertiary/aromatic N) is 2. The number of fused-ring (bicyclic) bond motifs is 1. The van der Waals surface area contributed by atoms with Crippen LogP contribution < -0.4 is 4.74 Å². The van der Waals surface area contributed by atoms with E-state index in [0.717, 1.165) is 16.9 Å². The molecule has 0 spiro atoms. The second kappa shape index (κ2) is 8.16. The zero-order valence-corrected chi connectivity index (χ0v) is 17.9. The molecule has 33 heavy (non-hydrogen) atoms. The molecule has 6 nitrogen and oxygen atoms in total. The number of pyridine rings is 1. The monoisotopic (exact) mass is 444 g/mol. The highest BCUT2D eigenvalue weighted by Crippen LogP contribution is 2.41. The van der Waals surface area contributed by atoms with Crippen molar-refractivity contribution in [2.45, 2.75) is 32.0 Å². The SMILES string of the molecule is C[C@H]1Cc2cc(C(O)=C3C(=O)C(=O)N(Cc4cccnc4)[C@H]3c3ccc(F)cc3)ccc2O1. The van der Waals surface area contributed by atoms with Gasteiger partial charge in [-0.3, -0.25) is 14.6 Å². The van der Waals surface area contributed by atoms with E-state index in [0.29, 0.717) is 17.5 Å². The highest BCUT2D eigenvalue weighted by Gasteiger charge is 2.46. The Balaban J connectivity index is 1.62. The van der Waals surface area contributed by atoms with Crippen molar-refractivity contribution in [3.8, 4) is 5.75 Å². The van der Waals surface area contributed by atoms with E-state index >= 15 is 0 Å². The van der Waals surface area contributed by atoms with Gasteiger partial charge in [0.15, 0.2) is 0 Å². The van der Waals surface area contributed by atoms with Crippen molar-refractivity contribution in [3.05, 3.63) is 101 Å². The molecule has 7 heteroatoms. The molecule has 1 N–H and O–H groups in total. The first kappa shape index (κ1) is 20.9. The summed E-state index contributed by atoms with van der Waals surface area (Å²) in [5.74, 6) is -1.47. The van der Waals surface area contributed by atoms with E-state index in [-0.39, 0.29) is 24.0 Å². The van der Waals surface area contributed by atoms with Crippen LogP contribution in [0.4, 0.5) is 4.39 Å². The number of ether oxygens (including phenoxy) is 1. The maximum Gasteiger partial charge on any atom is 0.295 e. The Kier molecular flexibility index (Phi) is 5.17. The number of halogens is 1. The molecule has 1 fully saturated rings. The predicted octanol–water partition coefficient (Wildman–Crippen LogP) is 4.17. The molecular formula is C26H21FN2O4. The Bertz CT molecular complexity index is 1270. The van der Waals surface area contributed by atoms with Gasteiger partial charge < -0.3 is 14.7 Å². The largest absolute Gasteiger partial charge is 0.507 e. The first-order chi connectivity index (χ1) is 15.9. The lowest BCUT2D eigenvalue weighted by Crippen LogP contribution is -2.29. The van der Waals surface area contributed by atoms with E-state index < -0.39 is 23.5 Å². The molecule has 1 saturated heterocycles. The molecular weight excluding hydrogens is 423 g/mol. The van der Waals surface area contributed by atoms with Gasteiger partial charge >= 0.3 is 0 Å². The Morgan fingerprint density at radius 1 is 1.18 bits per heavy atom. The molecule has 5 rings (SSSR count). The summed E-state index contributed by atoms with van der Waals surface area (Å²) in [5.41, 5.74) is 2.59. The van der Waals surface area contributed by atoms with E-state index in [4.69, 9.17) is 4.74 Å². The summed E-state index contributed by atoms with van der Waals surface area (Å²) in [7, 11) is 0. The van der Waals surface area contributed by atoms with Gasteiger partial charge in [0.05, 0.1) is 11.6 Å². The number of ketones is 1. The van der Waals surface area contributed by atoms with Crippen LogP contribution in [0.3, 0.4) is 0 Å². The second-order valence-corrected chi connectivity index (χ2v) is 8.29. The summed E-state index contributed by atoms with van der Waals surface area (Å²) in [6, 6.07) is 13.5. The summed E-state index contributed by atoms with van der Waals surface area (Å²) in [5, 5.41) is 11.2. The molecule has 2 aliphatic rings. The quantitative estimate of drug-likeness (QED) is 0.371. The number of aliphatic hydroxyl groups is 1. The van der Waals surface area contributed by atoms with Gasteiger partial charge in [0.1, 0.15) is 23.4 Å². The molecule has 2 atom stereocenters. The summed E-state index contributed by atoms with van der Waals surface area (Å²) in [4.78, 5) is 31.6. The third kappa shape index (κ3) is 3.75. The molecule has 3 heterocycles. The van der Waals surface area contributed by atoms with Gasteiger partial charge in [0, 0.05) is 30.9 Å². The van der Waals surface area contributed by atoms with E-state index in [1.165, 1.54) is 29.2 Å². The zero-order valence-electron chi connectivity index (χ0n) is 17.9. The average molecular weight is 444 g/mol. The fraction of sp³-hybridized carbons (Fsp3) is 0.192. The van der Waals surface area contributed by atoms with E-state index in [1.54, 1.807) is 42.7 Å². The van der Waals surface area contributed by atoms with E-state index in [9.17, 15) is 19.1 Å². The average Bonchev–Trinajstić information content (AvgIpc) is 3.31. The van der Waals surface area contributed by atoms with Gasteiger partial charge in [-0.1, -0.05) is 18.2 Å². The molecule has 0 aliphatic carbocycles. The third-order valence-corrected chi connectivity index (χ3v) is 5.97. The molecule has 2 aromatic carbocycles. The van der Waals surface area contributed by atoms with Gasteiger partial charge in [-0.25, -0.2) is 4.39 Å². The number of hydrogen-bond acceptors (Lipinski definition) is 5. The lowest BCUT2D eigenvalue weighted by molar-refractivity contribution is -0.140. The Morgan fingerprint density at radius 3 is 2.70 bits per heavy atom. The van der Waals surface area contributed by atoms with Gasteiger partial charge in [-0.2, -0.15) is 0 Å². The van der Waals surface area contributed by atoms with Gasteiger partial charge in [-0.05, 0) is 60.0 Å². The van der Waals surface area contributed by atoms with Crippen LogP contribution in [0.2, 0.25) is 0 Å². The van der Waals surface area contributed by atoms with Crippen molar-refractivity contribution in [1.29, 1.82) is 0 Å². The molecule has 2 aliphatic heterocycles. The first-order valence-corrected chi connectivity index (χ1v) is 10.6. The van der Waals surface area contributed by atoms with Crippen molar-refractivity contribution in [3.63, 3.8) is 0 Å². The zero-order chi connectivity index (χ0) is 23.1. The third-order valence-electron chi connectivity index (χ3n) is 5.97. The number of hydrogen-bond donors (Lipinski definition) is 1. The lowest BCUT2D eigenvalue weighted by atomic mass is 9.94. The topological polar surface area (TPSA) is 79.7 Å². The molecule has 0 radical (unpaired) electrons. The van der Waals surface area contributed by atoms with Crippen LogP contribution >= 0.6 is 0 Å². The van der Waals surface area contributed by atoms with Crippen LogP contribution in [0.1, 0.15) is 35.2 Å². The molecule has 0 unspecified atom stereocenters. The highest BCUT2D eigenvalue weighted by molar-refractivity contribution is 6.46. The summed E-state index contributed by atoms with van der Waals surface area (Å²) >= 11 is 0. The van der Waals surface area contributed by atoms with E-state index in [1.807, 2.05) is 6.92 Å². The van der Waals surface area contributed by atoms with Crippen LogP contribution in [0.5, 0.6) is 5.75 Å². The van der Waals surface area contributed by atoms with Crippen LogP contribution in [0, 0.1) is 5.82 Å². The molecule has 0 saturated carbocycles. The molecule has 0 bridgehead atoms. The van der Waals surface area contributed by atoms with Crippen molar-refractivity contribution >= 4 is 17.4 Å². The smallest absolute Gasteiger partial charge is 0.295 e. The van der Waals surface area contributed by atoms with Crippen LogP contribution in [0.25, 0.3) is 5.76 Å². The van der Waals surface area contributed by atoms with Crippen LogP contribution in [-0.4, -0.2) is 32.8 Å². The van der Waals surface area contributed by atoms with Gasteiger partial charge in [0.25, 0.3) is 11.7 Å². The normalized spacial score (nSPS) is 21.2. The van der Waals surface area contributed by atoms with Gasteiger partial charge in [0.2, 0.25) is 0 Å². The minimum atomic E-state index is -0.866. The maximum absolute atomic E-state index is 13.6. The number of aromatic nitrogens is 1. The summed E-state index contributed by atoms with van der Waals surface area (Å²) < 4.78 is 19.3. The Hall–Kier alpha value is -4.00. The summed E-state index contributed by atoms with van der Waals surface area (Å²) in [6.45, 7) is 2.07. The molecule has 3 aromatic rings. The number of carbonyl (C=O) groups is 2. The fourth-order valence-electron chi connectivity index (χ4n) is 4.45. The van der Waals surface area contributed by atoms with Gasteiger partial charge in [-0.15, -0.1) is 0 Å². The predicted molar refractivity (Wildman–Crippen MR) is 119 cm³/mol. The molecule has 1 aromatic heterocycles. The fourth-order valence-corrected chi connectivity index (χ4v) is 4.45. The number of benzene rings is 2. The van der Waals surface area contributed by atoms with E-state index in [2.05, 4.69) is 4.98 Å². The number of rotatable bonds is 4. The van der Waals surface area contributed by atoms with Crippen molar-refractivity contribution < 1.29 is 23.8 Å². The Morgan fingerprint density at radius 2 is 1.97 bits per heavy atom. The number of carbonyl (C=O) groups excluding carboxylic acids is 2. The number of amides is 1. The van der Waals surface area contributed by atoms with Crippen molar-refractivity contribution in [2.75, 3.05) is 0 Å². The minimum Gasteiger partial charge on any atom is -0.507 e. The number of likely N-dealkylation sites (tertiary alicyclic amines) is 1. The highest BCUT2D eigenvalue weighted by atomic mass is 19.1. The lowest BCUT2D eigenvalue weighted by Gasteiger charge is -2.25. The van der Waals surface area contributed by atoms with Crippen LogP contribution in [0.15, 0.2) is 72.6 Å². The standard InChI is InChI=1S/C26H21FN2O4/c1-15-11-19-12-18(6-9-21(19)33-15)24(30)22-23(17-4-7-20(27)8-5-17)29(26(32)25(22)31)14-16-3-2-10-28-13-16/h2-10,12-13,15,23,30H,11,14H2,1H3/t15-,23-/m0/s1. The number of aliphatic hydroxyl groups excluding tert-OH is 1. The first-order valence-electron chi connectivity index (χ1n) is 10.6. The van der Waals surface area contributed by atoms with Crippen molar-refractivity contribution in [1.82, 2.24) is 9.88 Å². The van der Waals surface area contributed by atoms with Crippen LogP contribution in [-0.2, 0) is 22.6 Å².